The third-order valence-electron chi connectivity index (χ3n) is 3.40. The van der Waals surface area contributed by atoms with Crippen molar-refractivity contribution in [1.82, 2.24) is 9.88 Å². The molecule has 94 valence electrons. The van der Waals surface area contributed by atoms with Crippen molar-refractivity contribution in [1.29, 1.82) is 0 Å². The van der Waals surface area contributed by atoms with Gasteiger partial charge in [0.1, 0.15) is 5.82 Å². The fourth-order valence-corrected chi connectivity index (χ4v) is 2.57. The zero-order valence-electron chi connectivity index (χ0n) is 11.2. The van der Waals surface area contributed by atoms with Crippen LogP contribution in [-0.4, -0.2) is 43.1 Å². The second-order valence-corrected chi connectivity index (χ2v) is 5.09. The molecule has 1 saturated heterocycles. The number of hydrogen-bond donors (Lipinski definition) is 0. The van der Waals surface area contributed by atoms with Gasteiger partial charge in [-0.3, -0.25) is 0 Å². The summed E-state index contributed by atoms with van der Waals surface area (Å²) >= 11 is 0. The summed E-state index contributed by atoms with van der Waals surface area (Å²) in [5.41, 5.74) is 1.19. The number of aryl methyl sites for hydroxylation is 1. The number of rotatable bonds is 4. The molecule has 0 saturated carbocycles. The van der Waals surface area contributed by atoms with Crippen molar-refractivity contribution in [2.45, 2.75) is 32.2 Å². The van der Waals surface area contributed by atoms with Crippen LogP contribution in [0.5, 0.6) is 0 Å². The summed E-state index contributed by atoms with van der Waals surface area (Å²) in [7, 11) is 4.29. The second kappa shape index (κ2) is 5.50. The fourth-order valence-electron chi connectivity index (χ4n) is 2.57. The average Bonchev–Trinajstić information content (AvgIpc) is 2.76. The highest BCUT2D eigenvalue weighted by Gasteiger charge is 2.25. The topological polar surface area (TPSA) is 19.4 Å². The predicted molar refractivity (Wildman–Crippen MR) is 72.5 cm³/mol. The maximum atomic E-state index is 4.74. The number of nitrogens with zero attached hydrogens (tertiary/aromatic N) is 3. The average molecular weight is 233 g/mol. The van der Waals surface area contributed by atoms with Crippen LogP contribution in [0, 0.1) is 0 Å². The van der Waals surface area contributed by atoms with E-state index in [1.54, 1.807) is 0 Å². The summed E-state index contributed by atoms with van der Waals surface area (Å²) in [5, 5.41) is 0. The van der Waals surface area contributed by atoms with E-state index in [9.17, 15) is 0 Å². The third kappa shape index (κ3) is 2.97. The van der Waals surface area contributed by atoms with Gasteiger partial charge in [0.15, 0.2) is 0 Å². The molecule has 0 aromatic carbocycles. The van der Waals surface area contributed by atoms with Crippen molar-refractivity contribution in [3.8, 4) is 0 Å². The highest BCUT2D eigenvalue weighted by atomic mass is 15.3. The Balaban J connectivity index is 2.14. The van der Waals surface area contributed by atoms with Crippen LogP contribution in [0.15, 0.2) is 18.2 Å². The normalized spacial score (nSPS) is 20.2. The monoisotopic (exact) mass is 233 g/mol. The molecule has 1 aliphatic rings. The van der Waals surface area contributed by atoms with Gasteiger partial charge in [0, 0.05) is 24.8 Å². The summed E-state index contributed by atoms with van der Waals surface area (Å²) in [6.07, 6.45) is 3.59. The minimum absolute atomic E-state index is 0.629. The molecular weight excluding hydrogens is 210 g/mol. The minimum atomic E-state index is 0.629. The van der Waals surface area contributed by atoms with Crippen molar-refractivity contribution in [2.24, 2.45) is 0 Å². The highest BCUT2D eigenvalue weighted by Crippen LogP contribution is 2.24. The Morgan fingerprint density at radius 3 is 2.94 bits per heavy atom. The Bertz CT molecular complexity index is 362. The maximum absolute atomic E-state index is 4.74. The quantitative estimate of drug-likeness (QED) is 0.794. The van der Waals surface area contributed by atoms with Gasteiger partial charge in [0.25, 0.3) is 0 Å². The SMILES string of the molecule is CCc1cccc(N2CCCC2CN(C)C)n1. The molecule has 2 heterocycles. The molecule has 17 heavy (non-hydrogen) atoms. The molecule has 0 spiro atoms. The van der Waals surface area contributed by atoms with Gasteiger partial charge < -0.3 is 9.80 Å². The summed E-state index contributed by atoms with van der Waals surface area (Å²) in [6.45, 7) is 4.43. The largest absolute Gasteiger partial charge is 0.352 e. The Morgan fingerprint density at radius 1 is 1.41 bits per heavy atom. The summed E-state index contributed by atoms with van der Waals surface area (Å²) in [6, 6.07) is 7.02. The number of aromatic nitrogens is 1. The molecule has 1 unspecified atom stereocenters. The lowest BCUT2D eigenvalue weighted by atomic mass is 10.2. The van der Waals surface area contributed by atoms with Crippen molar-refractivity contribution in [2.75, 3.05) is 32.1 Å². The van der Waals surface area contributed by atoms with Crippen molar-refractivity contribution >= 4 is 5.82 Å². The molecule has 1 aromatic rings. The van der Waals surface area contributed by atoms with Gasteiger partial charge in [-0.2, -0.15) is 0 Å². The first-order valence-corrected chi connectivity index (χ1v) is 6.58. The van der Waals surface area contributed by atoms with Gasteiger partial charge in [-0.05, 0) is 45.5 Å². The molecule has 2 rings (SSSR count). The molecule has 0 bridgehead atoms. The van der Waals surface area contributed by atoms with E-state index in [-0.39, 0.29) is 0 Å². The Kier molecular flexibility index (Phi) is 4.00. The number of pyridine rings is 1. The van der Waals surface area contributed by atoms with Gasteiger partial charge in [-0.1, -0.05) is 13.0 Å². The predicted octanol–water partition coefficient (Wildman–Crippen LogP) is 2.17. The number of likely N-dealkylation sites (N-methyl/N-ethyl adjacent to an activating group) is 1. The minimum Gasteiger partial charge on any atom is -0.352 e. The zero-order chi connectivity index (χ0) is 12.3. The van der Waals surface area contributed by atoms with E-state index in [1.807, 2.05) is 0 Å². The zero-order valence-corrected chi connectivity index (χ0v) is 11.2. The van der Waals surface area contributed by atoms with E-state index >= 15 is 0 Å². The molecule has 0 radical (unpaired) electrons. The van der Waals surface area contributed by atoms with E-state index < -0.39 is 0 Å². The molecule has 0 N–H and O–H groups in total. The maximum Gasteiger partial charge on any atom is 0.129 e. The molecule has 1 fully saturated rings. The second-order valence-electron chi connectivity index (χ2n) is 5.09. The lowest BCUT2D eigenvalue weighted by Gasteiger charge is -2.28. The summed E-state index contributed by atoms with van der Waals surface area (Å²) in [5.74, 6) is 1.16. The van der Waals surface area contributed by atoms with Crippen LogP contribution in [0.3, 0.4) is 0 Å². The lowest BCUT2D eigenvalue weighted by Crippen LogP contribution is -2.38. The summed E-state index contributed by atoms with van der Waals surface area (Å²) < 4.78 is 0. The van der Waals surface area contributed by atoms with Crippen molar-refractivity contribution in [3.05, 3.63) is 23.9 Å². The van der Waals surface area contributed by atoms with Crippen LogP contribution in [0.4, 0.5) is 5.82 Å². The first kappa shape index (κ1) is 12.4. The molecule has 0 amide bonds. The van der Waals surface area contributed by atoms with E-state index in [1.165, 1.54) is 18.5 Å². The van der Waals surface area contributed by atoms with Crippen molar-refractivity contribution in [3.63, 3.8) is 0 Å². The third-order valence-corrected chi connectivity index (χ3v) is 3.40. The first-order valence-electron chi connectivity index (χ1n) is 6.58. The Hall–Kier alpha value is -1.09. The van der Waals surface area contributed by atoms with E-state index in [2.05, 4.69) is 49.0 Å². The van der Waals surface area contributed by atoms with Crippen LogP contribution in [0.25, 0.3) is 0 Å². The molecule has 1 aliphatic heterocycles. The Morgan fingerprint density at radius 2 is 2.24 bits per heavy atom. The van der Waals surface area contributed by atoms with E-state index in [0.29, 0.717) is 6.04 Å². The molecule has 1 atom stereocenters. The van der Waals surface area contributed by atoms with E-state index in [4.69, 9.17) is 4.98 Å². The van der Waals surface area contributed by atoms with Gasteiger partial charge in [-0.25, -0.2) is 4.98 Å². The summed E-state index contributed by atoms with van der Waals surface area (Å²) in [4.78, 5) is 9.48. The van der Waals surface area contributed by atoms with Crippen LogP contribution in [0.2, 0.25) is 0 Å². The number of anilines is 1. The van der Waals surface area contributed by atoms with Crippen LogP contribution >= 0.6 is 0 Å². The fraction of sp³-hybridized carbons (Fsp3) is 0.643. The van der Waals surface area contributed by atoms with Gasteiger partial charge in [0.2, 0.25) is 0 Å². The van der Waals surface area contributed by atoms with Crippen LogP contribution in [0.1, 0.15) is 25.5 Å². The van der Waals surface area contributed by atoms with Gasteiger partial charge >= 0.3 is 0 Å². The molecule has 3 heteroatoms. The van der Waals surface area contributed by atoms with Crippen LogP contribution in [-0.2, 0) is 6.42 Å². The van der Waals surface area contributed by atoms with Crippen LogP contribution < -0.4 is 4.90 Å². The van der Waals surface area contributed by atoms with Crippen molar-refractivity contribution < 1.29 is 0 Å². The lowest BCUT2D eigenvalue weighted by molar-refractivity contribution is 0.371. The Labute approximate surface area is 104 Å². The first-order chi connectivity index (χ1) is 8.20. The molecule has 3 nitrogen and oxygen atoms in total. The van der Waals surface area contributed by atoms with E-state index in [0.717, 1.165) is 25.3 Å². The van der Waals surface area contributed by atoms with Gasteiger partial charge in [-0.15, -0.1) is 0 Å². The molecule has 0 aliphatic carbocycles. The van der Waals surface area contributed by atoms with Gasteiger partial charge in [0.05, 0.1) is 0 Å². The smallest absolute Gasteiger partial charge is 0.129 e. The number of hydrogen-bond acceptors (Lipinski definition) is 3. The standard InChI is InChI=1S/C14H23N3/c1-4-12-7-5-9-14(15-12)17-10-6-8-13(17)11-16(2)3/h5,7,9,13H,4,6,8,10-11H2,1-3H3. The highest BCUT2D eigenvalue weighted by molar-refractivity contribution is 5.42. The molecular formula is C14H23N3. The molecule has 1 aromatic heterocycles.